The topological polar surface area (TPSA) is 92.4 Å². The van der Waals surface area contributed by atoms with Crippen LogP contribution in [0.5, 0.6) is 0 Å². The van der Waals surface area contributed by atoms with E-state index in [9.17, 15) is 9.59 Å². The normalized spacial score (nSPS) is 14.3. The summed E-state index contributed by atoms with van der Waals surface area (Å²) in [4.78, 5) is 22.7. The van der Waals surface area contributed by atoms with Gasteiger partial charge in [-0.3, -0.25) is 4.79 Å². The maximum atomic E-state index is 11.7. The summed E-state index contributed by atoms with van der Waals surface area (Å²) in [5, 5.41) is 11.5. The molecule has 0 rings (SSSR count). The molecule has 0 saturated heterocycles. The number of rotatable bonds is 9. The first kappa shape index (κ1) is 17.2. The average Bonchev–Trinajstić information content (AvgIpc) is 2.30. The molecule has 0 fully saturated rings. The Hall–Kier alpha value is -0.750. The molecule has 106 valence electrons. The molecule has 0 spiro atoms. The van der Waals surface area contributed by atoms with Crippen molar-refractivity contribution in [1.82, 2.24) is 5.32 Å². The Bertz CT molecular complexity index is 272. The Morgan fingerprint density at radius 1 is 1.28 bits per heavy atom. The summed E-state index contributed by atoms with van der Waals surface area (Å²) in [5.41, 5.74) is 5.69. The van der Waals surface area contributed by atoms with Gasteiger partial charge in [-0.25, -0.2) is 4.79 Å². The molecular weight excluding hydrogens is 252 g/mol. The molecule has 4 N–H and O–H groups in total. The van der Waals surface area contributed by atoms with Crippen LogP contribution in [-0.2, 0) is 9.59 Å². The number of nitrogens with one attached hydrogen (secondary N) is 1. The van der Waals surface area contributed by atoms with E-state index < -0.39 is 18.1 Å². The van der Waals surface area contributed by atoms with Crippen molar-refractivity contribution in [1.29, 1.82) is 0 Å². The molecule has 0 bridgehead atoms. The summed E-state index contributed by atoms with van der Waals surface area (Å²) in [6.45, 7) is 4.04. The first-order valence-electron chi connectivity index (χ1n) is 6.16. The Balaban J connectivity index is 4.22. The molecule has 5 nitrogen and oxygen atoms in total. The molecule has 0 aromatic heterocycles. The molecule has 2 atom stereocenters. The molecule has 0 aliphatic rings. The van der Waals surface area contributed by atoms with Crippen LogP contribution in [0.1, 0.15) is 33.1 Å². The second kappa shape index (κ2) is 9.22. The van der Waals surface area contributed by atoms with Crippen molar-refractivity contribution in [3.63, 3.8) is 0 Å². The number of hydrogen-bond donors (Lipinski definition) is 3. The van der Waals surface area contributed by atoms with E-state index in [1.54, 1.807) is 11.8 Å². The lowest BCUT2D eigenvalue weighted by Crippen LogP contribution is -2.48. The molecule has 1 amide bonds. The molecule has 0 saturated carbocycles. The first-order valence-corrected chi connectivity index (χ1v) is 7.55. The molecule has 0 aromatic rings. The van der Waals surface area contributed by atoms with Gasteiger partial charge >= 0.3 is 5.97 Å². The van der Waals surface area contributed by atoms with Gasteiger partial charge in [-0.15, -0.1) is 0 Å². The van der Waals surface area contributed by atoms with Crippen LogP contribution in [0.2, 0.25) is 0 Å². The van der Waals surface area contributed by atoms with Gasteiger partial charge in [-0.2, -0.15) is 11.8 Å². The predicted molar refractivity (Wildman–Crippen MR) is 74.6 cm³/mol. The smallest absolute Gasteiger partial charge is 0.326 e. The zero-order chi connectivity index (χ0) is 14.1. The lowest BCUT2D eigenvalue weighted by molar-refractivity contribution is -0.142. The van der Waals surface area contributed by atoms with Crippen LogP contribution in [0.15, 0.2) is 0 Å². The number of hydrogen-bond acceptors (Lipinski definition) is 4. The third-order valence-electron chi connectivity index (χ3n) is 2.62. The van der Waals surface area contributed by atoms with Crippen molar-refractivity contribution in [2.45, 2.75) is 45.2 Å². The number of amides is 1. The molecule has 0 aliphatic heterocycles. The van der Waals surface area contributed by atoms with Crippen molar-refractivity contribution < 1.29 is 14.7 Å². The van der Waals surface area contributed by atoms with Crippen LogP contribution in [0.25, 0.3) is 0 Å². The van der Waals surface area contributed by atoms with Crippen LogP contribution in [-0.4, -0.2) is 41.1 Å². The largest absolute Gasteiger partial charge is 0.480 e. The van der Waals surface area contributed by atoms with Crippen molar-refractivity contribution in [3.05, 3.63) is 0 Å². The van der Waals surface area contributed by atoms with E-state index in [-0.39, 0.29) is 5.91 Å². The van der Waals surface area contributed by atoms with Gasteiger partial charge in [0.2, 0.25) is 5.91 Å². The number of carboxylic acid groups (broad SMARTS) is 1. The third-order valence-corrected chi connectivity index (χ3v) is 3.26. The van der Waals surface area contributed by atoms with Gasteiger partial charge < -0.3 is 16.2 Å². The highest BCUT2D eigenvalue weighted by Crippen LogP contribution is 2.07. The zero-order valence-electron chi connectivity index (χ0n) is 11.3. The highest BCUT2D eigenvalue weighted by molar-refractivity contribution is 7.98. The maximum absolute atomic E-state index is 11.7. The van der Waals surface area contributed by atoms with Gasteiger partial charge in [0.25, 0.3) is 0 Å². The van der Waals surface area contributed by atoms with Gasteiger partial charge in [0.05, 0.1) is 6.04 Å². The van der Waals surface area contributed by atoms with Gasteiger partial charge in [-0.05, 0) is 37.2 Å². The second-order valence-corrected chi connectivity index (χ2v) is 5.74. The van der Waals surface area contributed by atoms with Crippen LogP contribution in [0.4, 0.5) is 0 Å². The van der Waals surface area contributed by atoms with E-state index in [1.165, 1.54) is 0 Å². The lowest BCUT2D eigenvalue weighted by Gasteiger charge is -2.18. The van der Waals surface area contributed by atoms with Gasteiger partial charge in [-0.1, -0.05) is 13.8 Å². The molecule has 0 aromatic carbocycles. The maximum Gasteiger partial charge on any atom is 0.326 e. The fourth-order valence-corrected chi connectivity index (χ4v) is 1.90. The summed E-state index contributed by atoms with van der Waals surface area (Å²) in [6, 6.07) is -1.46. The number of carboxylic acids is 1. The highest BCUT2D eigenvalue weighted by atomic mass is 32.2. The van der Waals surface area contributed by atoms with E-state index in [2.05, 4.69) is 5.32 Å². The zero-order valence-corrected chi connectivity index (χ0v) is 12.1. The van der Waals surface area contributed by atoms with E-state index >= 15 is 0 Å². The molecule has 6 heteroatoms. The molecule has 0 unspecified atom stereocenters. The number of aliphatic carboxylic acids is 1. The van der Waals surface area contributed by atoms with Crippen LogP contribution in [0.3, 0.4) is 0 Å². The van der Waals surface area contributed by atoms with Gasteiger partial charge in [0.1, 0.15) is 6.04 Å². The Morgan fingerprint density at radius 2 is 1.89 bits per heavy atom. The molecular formula is C12H24N2O3S. The van der Waals surface area contributed by atoms with E-state index in [0.29, 0.717) is 18.8 Å². The van der Waals surface area contributed by atoms with Gasteiger partial charge in [0.15, 0.2) is 0 Å². The minimum Gasteiger partial charge on any atom is -0.480 e. The molecule has 0 radical (unpaired) electrons. The minimum atomic E-state index is -0.999. The van der Waals surface area contributed by atoms with Crippen molar-refractivity contribution in [2.24, 2.45) is 11.7 Å². The SMILES string of the molecule is CSCC[C@H](N)C(=O)N[C@@H](CCC(C)C)C(=O)O. The summed E-state index contributed by atoms with van der Waals surface area (Å²) < 4.78 is 0. The Kier molecular flexibility index (Phi) is 8.83. The Morgan fingerprint density at radius 3 is 2.33 bits per heavy atom. The number of nitrogens with two attached hydrogens (primary N) is 1. The van der Waals surface area contributed by atoms with Crippen LogP contribution in [0, 0.1) is 5.92 Å². The van der Waals surface area contributed by atoms with Crippen molar-refractivity contribution in [3.8, 4) is 0 Å². The third kappa shape index (κ3) is 7.55. The fourth-order valence-electron chi connectivity index (χ4n) is 1.41. The van der Waals surface area contributed by atoms with Crippen LogP contribution >= 0.6 is 11.8 Å². The van der Waals surface area contributed by atoms with E-state index in [1.807, 2.05) is 20.1 Å². The van der Waals surface area contributed by atoms with Crippen LogP contribution < -0.4 is 11.1 Å². The minimum absolute atomic E-state index is 0.375. The summed E-state index contributed by atoms with van der Waals surface area (Å²) >= 11 is 1.61. The molecule has 0 heterocycles. The highest BCUT2D eigenvalue weighted by Gasteiger charge is 2.22. The number of carbonyl (C=O) groups excluding carboxylic acids is 1. The lowest BCUT2D eigenvalue weighted by atomic mass is 10.0. The number of thioether (sulfide) groups is 1. The first-order chi connectivity index (χ1) is 8.38. The summed E-state index contributed by atoms with van der Waals surface area (Å²) in [7, 11) is 0. The molecule has 0 aliphatic carbocycles. The average molecular weight is 276 g/mol. The second-order valence-electron chi connectivity index (χ2n) is 4.76. The monoisotopic (exact) mass is 276 g/mol. The predicted octanol–water partition coefficient (Wildman–Crippen LogP) is 1.07. The summed E-state index contributed by atoms with van der Waals surface area (Å²) in [5.74, 6) is -0.173. The van der Waals surface area contributed by atoms with Crippen molar-refractivity contribution in [2.75, 3.05) is 12.0 Å². The Labute approximate surface area is 113 Å². The number of carbonyl (C=O) groups is 2. The van der Waals surface area contributed by atoms with E-state index in [0.717, 1.165) is 12.2 Å². The van der Waals surface area contributed by atoms with Gasteiger partial charge in [0, 0.05) is 0 Å². The molecule has 18 heavy (non-hydrogen) atoms. The quantitative estimate of drug-likeness (QED) is 0.586. The standard InChI is InChI=1S/C12H24N2O3S/c1-8(2)4-5-10(12(16)17)14-11(15)9(13)6-7-18-3/h8-10H,4-7,13H2,1-3H3,(H,14,15)(H,16,17)/t9-,10-/m0/s1. The summed E-state index contributed by atoms with van der Waals surface area (Å²) in [6.07, 6.45) is 3.70. The van der Waals surface area contributed by atoms with E-state index in [4.69, 9.17) is 10.8 Å². The van der Waals surface area contributed by atoms with Crippen molar-refractivity contribution >= 4 is 23.6 Å². The fraction of sp³-hybridized carbons (Fsp3) is 0.833.